The van der Waals surface area contributed by atoms with Gasteiger partial charge in [-0.25, -0.2) is 0 Å². The largest absolute Gasteiger partial charge is 0.362 e. The van der Waals surface area contributed by atoms with Gasteiger partial charge in [-0.05, 0) is 24.6 Å². The molecule has 0 aromatic carbocycles. The van der Waals surface area contributed by atoms with Crippen LogP contribution in [-0.2, 0) is 0 Å². The average Bonchev–Trinajstić information content (AvgIpc) is 1.91. The van der Waals surface area contributed by atoms with E-state index in [1.807, 2.05) is 39.1 Å². The van der Waals surface area contributed by atoms with E-state index in [1.54, 1.807) is 0 Å². The number of hydrogen-bond donors (Lipinski definition) is 1. The molecule has 1 heteroatoms. The lowest BCUT2D eigenvalue weighted by atomic mass is 10.2. The van der Waals surface area contributed by atoms with Crippen molar-refractivity contribution in [1.29, 1.82) is 0 Å². The standard InChI is InChI=1S/C7H9N.C2H6/c1-6-3-4-8-7(2)5-6;1-2/h3-5,8H,2H2,1H3;1-2H3. The fourth-order valence-corrected chi connectivity index (χ4v) is 0.645. The Hall–Kier alpha value is -0.980. The van der Waals surface area contributed by atoms with Crippen LogP contribution in [0, 0.1) is 0 Å². The van der Waals surface area contributed by atoms with E-state index in [0.717, 1.165) is 5.70 Å². The number of dihydropyridines is 1. The van der Waals surface area contributed by atoms with Crippen LogP contribution in [-0.4, -0.2) is 0 Å². The van der Waals surface area contributed by atoms with Gasteiger partial charge in [0.15, 0.2) is 0 Å². The van der Waals surface area contributed by atoms with Gasteiger partial charge in [0, 0.05) is 11.9 Å². The lowest BCUT2D eigenvalue weighted by molar-refractivity contribution is 1.09. The van der Waals surface area contributed by atoms with Crippen molar-refractivity contribution in [1.82, 2.24) is 5.32 Å². The zero-order valence-corrected chi connectivity index (χ0v) is 6.94. The first-order valence-electron chi connectivity index (χ1n) is 3.59. The molecule has 0 fully saturated rings. The van der Waals surface area contributed by atoms with Gasteiger partial charge in [-0.3, -0.25) is 0 Å². The molecule has 0 radical (unpaired) electrons. The molecule has 0 atom stereocenters. The molecule has 0 bridgehead atoms. The van der Waals surface area contributed by atoms with Crippen molar-refractivity contribution >= 4 is 0 Å². The van der Waals surface area contributed by atoms with Crippen LogP contribution in [0.5, 0.6) is 0 Å². The maximum atomic E-state index is 3.73. The van der Waals surface area contributed by atoms with E-state index in [4.69, 9.17) is 0 Å². The molecule has 0 spiro atoms. The van der Waals surface area contributed by atoms with Gasteiger partial charge >= 0.3 is 0 Å². The Labute approximate surface area is 63.1 Å². The highest BCUT2D eigenvalue weighted by Crippen LogP contribution is 2.02. The molecule has 0 saturated carbocycles. The van der Waals surface area contributed by atoms with E-state index in [9.17, 15) is 0 Å². The third-order valence-electron chi connectivity index (χ3n) is 1.02. The zero-order chi connectivity index (χ0) is 7.98. The number of allylic oxidation sites excluding steroid dienone is 3. The third kappa shape index (κ3) is 3.13. The highest BCUT2D eigenvalue weighted by Gasteiger charge is 1.90. The summed E-state index contributed by atoms with van der Waals surface area (Å²) in [6.07, 6.45) is 5.90. The number of nitrogens with one attached hydrogen (secondary N) is 1. The molecule has 56 valence electrons. The molecule has 1 aliphatic heterocycles. The van der Waals surface area contributed by atoms with Gasteiger partial charge in [0.2, 0.25) is 0 Å². The number of hydrogen-bond acceptors (Lipinski definition) is 1. The van der Waals surface area contributed by atoms with E-state index >= 15 is 0 Å². The van der Waals surface area contributed by atoms with E-state index in [0.29, 0.717) is 0 Å². The van der Waals surface area contributed by atoms with Gasteiger partial charge in [0.25, 0.3) is 0 Å². The molecular weight excluding hydrogens is 122 g/mol. The van der Waals surface area contributed by atoms with Crippen molar-refractivity contribution in [3.63, 3.8) is 0 Å². The maximum absolute atomic E-state index is 3.73. The Morgan fingerprint density at radius 2 is 2.00 bits per heavy atom. The van der Waals surface area contributed by atoms with Gasteiger partial charge < -0.3 is 5.32 Å². The maximum Gasteiger partial charge on any atom is 0.0309 e. The van der Waals surface area contributed by atoms with Crippen LogP contribution >= 0.6 is 0 Å². The fraction of sp³-hybridized carbons (Fsp3) is 0.333. The molecular formula is C9H15N. The van der Waals surface area contributed by atoms with Crippen LogP contribution in [0.15, 0.2) is 36.2 Å². The summed E-state index contributed by atoms with van der Waals surface area (Å²) in [6.45, 7) is 9.77. The second-order valence-corrected chi connectivity index (χ2v) is 1.89. The van der Waals surface area contributed by atoms with Crippen LogP contribution in [0.25, 0.3) is 0 Å². The first-order valence-corrected chi connectivity index (χ1v) is 3.59. The van der Waals surface area contributed by atoms with Gasteiger partial charge in [-0.15, -0.1) is 0 Å². The molecule has 10 heavy (non-hydrogen) atoms. The van der Waals surface area contributed by atoms with Crippen LogP contribution in [0.2, 0.25) is 0 Å². The summed E-state index contributed by atoms with van der Waals surface area (Å²) in [5.41, 5.74) is 2.21. The summed E-state index contributed by atoms with van der Waals surface area (Å²) in [5, 5.41) is 2.96. The SMILES string of the molecule is C=C1C=C(C)C=CN1.CC. The van der Waals surface area contributed by atoms with Gasteiger partial charge in [-0.1, -0.05) is 20.4 Å². The minimum absolute atomic E-state index is 0.963. The summed E-state index contributed by atoms with van der Waals surface area (Å²) in [4.78, 5) is 0. The van der Waals surface area contributed by atoms with Crippen molar-refractivity contribution in [2.45, 2.75) is 20.8 Å². The van der Waals surface area contributed by atoms with Gasteiger partial charge in [0.05, 0.1) is 0 Å². The van der Waals surface area contributed by atoms with Gasteiger partial charge in [0.1, 0.15) is 0 Å². The molecule has 0 aliphatic carbocycles. The van der Waals surface area contributed by atoms with Crippen molar-refractivity contribution in [3.05, 3.63) is 36.2 Å². The molecule has 0 amide bonds. The predicted molar refractivity (Wildman–Crippen MR) is 46.5 cm³/mol. The lowest BCUT2D eigenvalue weighted by Gasteiger charge is -2.04. The Morgan fingerprint density at radius 1 is 1.40 bits per heavy atom. The predicted octanol–water partition coefficient (Wildman–Crippen LogP) is 2.59. The van der Waals surface area contributed by atoms with Crippen LogP contribution in [0.4, 0.5) is 0 Å². The minimum Gasteiger partial charge on any atom is -0.362 e. The zero-order valence-electron chi connectivity index (χ0n) is 6.94. The van der Waals surface area contributed by atoms with Crippen LogP contribution < -0.4 is 5.32 Å². The lowest BCUT2D eigenvalue weighted by Crippen LogP contribution is -2.04. The van der Waals surface area contributed by atoms with Crippen molar-refractivity contribution in [3.8, 4) is 0 Å². The second kappa shape index (κ2) is 4.86. The molecule has 0 unspecified atom stereocenters. The first-order chi connectivity index (χ1) is 4.79. The smallest absolute Gasteiger partial charge is 0.0309 e. The molecule has 1 nitrogen and oxygen atoms in total. The average molecular weight is 137 g/mol. The van der Waals surface area contributed by atoms with Crippen molar-refractivity contribution < 1.29 is 0 Å². The van der Waals surface area contributed by atoms with Crippen molar-refractivity contribution in [2.24, 2.45) is 0 Å². The van der Waals surface area contributed by atoms with E-state index in [-0.39, 0.29) is 0 Å². The van der Waals surface area contributed by atoms with Crippen LogP contribution in [0.1, 0.15) is 20.8 Å². The Balaban J connectivity index is 0.000000371. The quantitative estimate of drug-likeness (QED) is 0.541. The molecule has 0 aromatic heterocycles. The normalized spacial score (nSPS) is 14.7. The summed E-state index contributed by atoms with van der Waals surface area (Å²) in [6, 6.07) is 0. The molecule has 1 N–H and O–H groups in total. The highest BCUT2D eigenvalue weighted by molar-refractivity contribution is 5.31. The Bertz CT molecular complexity index is 164. The number of rotatable bonds is 0. The monoisotopic (exact) mass is 137 g/mol. The van der Waals surface area contributed by atoms with Crippen molar-refractivity contribution in [2.75, 3.05) is 0 Å². The van der Waals surface area contributed by atoms with Gasteiger partial charge in [-0.2, -0.15) is 0 Å². The first kappa shape index (κ1) is 9.02. The Kier molecular flexibility index (Phi) is 4.38. The van der Waals surface area contributed by atoms with Crippen LogP contribution in [0.3, 0.4) is 0 Å². The van der Waals surface area contributed by atoms with E-state index in [1.165, 1.54) is 5.57 Å². The molecule has 1 aliphatic rings. The fourth-order valence-electron chi connectivity index (χ4n) is 0.645. The summed E-state index contributed by atoms with van der Waals surface area (Å²) < 4.78 is 0. The minimum atomic E-state index is 0.963. The summed E-state index contributed by atoms with van der Waals surface area (Å²) in [5.74, 6) is 0. The topological polar surface area (TPSA) is 12.0 Å². The Morgan fingerprint density at radius 3 is 2.30 bits per heavy atom. The second-order valence-electron chi connectivity index (χ2n) is 1.89. The van der Waals surface area contributed by atoms with E-state index < -0.39 is 0 Å². The highest BCUT2D eigenvalue weighted by atomic mass is 14.8. The third-order valence-corrected chi connectivity index (χ3v) is 1.02. The molecule has 0 saturated heterocycles. The molecule has 1 heterocycles. The van der Waals surface area contributed by atoms with E-state index in [2.05, 4.69) is 11.9 Å². The summed E-state index contributed by atoms with van der Waals surface area (Å²) in [7, 11) is 0. The molecule has 1 rings (SSSR count). The molecule has 0 aromatic rings. The summed E-state index contributed by atoms with van der Waals surface area (Å²) >= 11 is 0.